The molecule has 0 spiro atoms. The Morgan fingerprint density at radius 2 is 1.90 bits per heavy atom. The fourth-order valence-corrected chi connectivity index (χ4v) is 2.47. The van der Waals surface area contributed by atoms with Crippen LogP contribution in [-0.4, -0.2) is 41.0 Å². The van der Waals surface area contributed by atoms with Crippen molar-refractivity contribution in [2.24, 2.45) is 5.84 Å². The van der Waals surface area contributed by atoms with E-state index in [1.54, 1.807) is 38.1 Å². The van der Waals surface area contributed by atoms with Crippen LogP contribution in [0.25, 0.3) is 0 Å². The van der Waals surface area contributed by atoms with Crippen molar-refractivity contribution in [3.05, 3.63) is 24.3 Å². The highest BCUT2D eigenvalue weighted by Gasteiger charge is 2.42. The number of hydrogen-bond donors (Lipinski definition) is 4. The summed E-state index contributed by atoms with van der Waals surface area (Å²) in [7, 11) is 0. The summed E-state index contributed by atoms with van der Waals surface area (Å²) in [5.41, 5.74) is 6.84. The molecule has 1 fully saturated rings. The highest BCUT2D eigenvalue weighted by Crippen LogP contribution is 2.31. The Morgan fingerprint density at radius 1 is 1.29 bits per heavy atom. The third-order valence-corrected chi connectivity index (χ3v) is 3.44. The molecule has 6 N–H and O–H groups in total. The molecule has 1 unspecified atom stereocenters. The van der Waals surface area contributed by atoms with Gasteiger partial charge in [0.2, 0.25) is 0 Å². The molecular weight excluding hydrogens is 274 g/mol. The zero-order valence-corrected chi connectivity index (χ0v) is 12.3. The molecule has 0 radical (unpaired) electrons. The number of para-hydroxylation sites is 2. The summed E-state index contributed by atoms with van der Waals surface area (Å²) < 4.78 is 11.2. The molecule has 0 aliphatic carbocycles. The first-order chi connectivity index (χ1) is 9.84. The summed E-state index contributed by atoms with van der Waals surface area (Å²) in [6.45, 7) is 3.34. The Balaban J connectivity index is 2.04. The molecule has 1 saturated heterocycles. The van der Waals surface area contributed by atoms with Gasteiger partial charge in [-0.25, -0.2) is 5.84 Å². The van der Waals surface area contributed by atoms with Crippen LogP contribution in [0.15, 0.2) is 24.3 Å². The van der Waals surface area contributed by atoms with Crippen molar-refractivity contribution in [3.8, 4) is 0 Å². The quantitative estimate of drug-likeness (QED) is 0.265. The van der Waals surface area contributed by atoms with Crippen molar-refractivity contribution in [2.75, 3.05) is 17.3 Å². The number of nitrogens with zero attached hydrogens (tertiary/aromatic N) is 1. The molecule has 7 heteroatoms. The fraction of sp³-hybridized carbons (Fsp3) is 0.571. The minimum absolute atomic E-state index is 0.182. The lowest BCUT2D eigenvalue weighted by Crippen LogP contribution is -2.45. The number of rotatable bonds is 5. The lowest BCUT2D eigenvalue weighted by atomic mass is 10.1. The Bertz CT molecular complexity index is 483. The molecule has 3 atom stereocenters. The van der Waals surface area contributed by atoms with E-state index in [1.807, 2.05) is 0 Å². The summed E-state index contributed by atoms with van der Waals surface area (Å²) in [6.07, 6.45) is -1.75. The van der Waals surface area contributed by atoms with Gasteiger partial charge in [-0.2, -0.15) is 0 Å². The molecule has 0 saturated carbocycles. The number of benzene rings is 1. The van der Waals surface area contributed by atoms with Crippen LogP contribution in [0.3, 0.4) is 0 Å². The summed E-state index contributed by atoms with van der Waals surface area (Å²) >= 11 is 0. The number of aliphatic hydroxyl groups is 2. The summed E-state index contributed by atoms with van der Waals surface area (Å²) in [5.74, 6) is 5.13. The number of hydrazine groups is 1. The molecule has 21 heavy (non-hydrogen) atoms. The molecule has 1 aromatic carbocycles. The second-order valence-electron chi connectivity index (χ2n) is 5.58. The van der Waals surface area contributed by atoms with Gasteiger partial charge in [-0.1, -0.05) is 12.1 Å². The standard InChI is InChI=1S/C14H23N3O4/c1-14(2)20-11(12(8-18)21-14)7-13(19)17(16)10-6-4-3-5-9(10)15/h3-6,11-13,18-19H,7-8,15-16H2,1-2H3/t11-,12+,13?/m1/s1. The van der Waals surface area contributed by atoms with E-state index in [9.17, 15) is 10.2 Å². The first kappa shape index (κ1) is 16.0. The molecule has 0 amide bonds. The molecule has 7 nitrogen and oxygen atoms in total. The molecule has 1 aliphatic rings. The van der Waals surface area contributed by atoms with Crippen molar-refractivity contribution < 1.29 is 19.7 Å². The SMILES string of the molecule is CC1(C)O[C@@H](CO)[C@@H](CC(O)N(N)c2ccccc2N)O1. The topological polar surface area (TPSA) is 114 Å². The van der Waals surface area contributed by atoms with Gasteiger partial charge in [0.1, 0.15) is 12.3 Å². The molecule has 1 aromatic rings. The van der Waals surface area contributed by atoms with Gasteiger partial charge in [0.25, 0.3) is 0 Å². The van der Waals surface area contributed by atoms with Crippen LogP contribution in [0.4, 0.5) is 11.4 Å². The fourth-order valence-electron chi connectivity index (χ4n) is 2.47. The van der Waals surface area contributed by atoms with Crippen molar-refractivity contribution in [1.29, 1.82) is 0 Å². The lowest BCUT2D eigenvalue weighted by Gasteiger charge is -2.28. The van der Waals surface area contributed by atoms with Gasteiger partial charge >= 0.3 is 0 Å². The normalized spacial score (nSPS) is 25.8. The van der Waals surface area contributed by atoms with Crippen LogP contribution in [-0.2, 0) is 9.47 Å². The Labute approximate surface area is 124 Å². The molecule has 1 aliphatic heterocycles. The van der Waals surface area contributed by atoms with E-state index in [2.05, 4.69) is 0 Å². The minimum Gasteiger partial charge on any atom is -0.397 e. The molecule has 0 aromatic heterocycles. The number of aliphatic hydroxyl groups excluding tert-OH is 2. The van der Waals surface area contributed by atoms with E-state index in [4.69, 9.17) is 21.1 Å². The van der Waals surface area contributed by atoms with E-state index in [-0.39, 0.29) is 13.0 Å². The first-order valence-electron chi connectivity index (χ1n) is 6.87. The molecule has 118 valence electrons. The lowest BCUT2D eigenvalue weighted by molar-refractivity contribution is -0.150. The maximum Gasteiger partial charge on any atom is 0.163 e. The zero-order chi connectivity index (χ0) is 15.6. The van der Waals surface area contributed by atoms with Crippen LogP contribution < -0.4 is 16.6 Å². The average molecular weight is 297 g/mol. The van der Waals surface area contributed by atoms with Crippen LogP contribution in [0.5, 0.6) is 0 Å². The predicted molar refractivity (Wildman–Crippen MR) is 79.1 cm³/mol. The van der Waals surface area contributed by atoms with Gasteiger partial charge in [0.15, 0.2) is 5.79 Å². The molecular formula is C14H23N3O4. The number of ether oxygens (including phenoxy) is 2. The Kier molecular flexibility index (Phi) is 4.70. The number of anilines is 2. The monoisotopic (exact) mass is 297 g/mol. The number of hydrogen-bond acceptors (Lipinski definition) is 7. The van der Waals surface area contributed by atoms with Crippen molar-refractivity contribution >= 4 is 11.4 Å². The molecule has 0 bridgehead atoms. The summed E-state index contributed by atoms with van der Waals surface area (Å²) in [6, 6.07) is 7.00. The third kappa shape index (κ3) is 3.63. The van der Waals surface area contributed by atoms with E-state index < -0.39 is 24.2 Å². The maximum atomic E-state index is 10.3. The average Bonchev–Trinajstić information content (AvgIpc) is 2.72. The second kappa shape index (κ2) is 6.17. The second-order valence-corrected chi connectivity index (χ2v) is 5.58. The zero-order valence-electron chi connectivity index (χ0n) is 12.3. The summed E-state index contributed by atoms with van der Waals surface area (Å²) in [4.78, 5) is 0. The van der Waals surface area contributed by atoms with Gasteiger partial charge in [-0.15, -0.1) is 0 Å². The van der Waals surface area contributed by atoms with Crippen molar-refractivity contribution in [1.82, 2.24) is 0 Å². The van der Waals surface area contributed by atoms with Gasteiger partial charge < -0.3 is 25.4 Å². The van der Waals surface area contributed by atoms with Crippen LogP contribution in [0.2, 0.25) is 0 Å². The van der Waals surface area contributed by atoms with E-state index in [1.165, 1.54) is 5.01 Å². The number of nitrogen functional groups attached to an aromatic ring is 1. The molecule has 1 heterocycles. The largest absolute Gasteiger partial charge is 0.397 e. The van der Waals surface area contributed by atoms with Gasteiger partial charge in [0, 0.05) is 6.42 Å². The van der Waals surface area contributed by atoms with Crippen LogP contribution in [0, 0.1) is 0 Å². The minimum atomic E-state index is -1.01. The number of nitrogens with two attached hydrogens (primary N) is 2. The van der Waals surface area contributed by atoms with Crippen molar-refractivity contribution in [2.45, 2.75) is 44.5 Å². The van der Waals surface area contributed by atoms with Gasteiger partial charge in [-0.3, -0.25) is 5.01 Å². The first-order valence-corrected chi connectivity index (χ1v) is 6.87. The Hall–Kier alpha value is -1.38. The smallest absolute Gasteiger partial charge is 0.163 e. The maximum absolute atomic E-state index is 10.3. The Morgan fingerprint density at radius 3 is 2.52 bits per heavy atom. The van der Waals surface area contributed by atoms with E-state index in [0.29, 0.717) is 11.4 Å². The molecule has 2 rings (SSSR count). The highest BCUT2D eigenvalue weighted by molar-refractivity contribution is 5.66. The highest BCUT2D eigenvalue weighted by atomic mass is 16.8. The van der Waals surface area contributed by atoms with E-state index >= 15 is 0 Å². The van der Waals surface area contributed by atoms with Crippen LogP contribution >= 0.6 is 0 Å². The van der Waals surface area contributed by atoms with Gasteiger partial charge in [-0.05, 0) is 26.0 Å². The predicted octanol–water partition coefficient (Wildman–Crippen LogP) is 0.170. The van der Waals surface area contributed by atoms with E-state index in [0.717, 1.165) is 0 Å². The van der Waals surface area contributed by atoms with Crippen molar-refractivity contribution in [3.63, 3.8) is 0 Å². The van der Waals surface area contributed by atoms with Gasteiger partial charge in [0.05, 0.1) is 24.1 Å². The van der Waals surface area contributed by atoms with Crippen LogP contribution in [0.1, 0.15) is 20.3 Å². The third-order valence-electron chi connectivity index (χ3n) is 3.44. The summed E-state index contributed by atoms with van der Waals surface area (Å²) in [5, 5.41) is 20.8.